The molecule has 2 aromatic rings. The maximum Gasteiger partial charge on any atom is 0.254 e. The van der Waals surface area contributed by atoms with Crippen LogP contribution < -0.4 is 9.47 Å². The monoisotopic (exact) mass is 427 g/mol. The fourth-order valence-corrected chi connectivity index (χ4v) is 4.15. The summed E-state index contributed by atoms with van der Waals surface area (Å²) in [5, 5.41) is 9.88. The fourth-order valence-electron chi connectivity index (χ4n) is 4.15. The number of carbonyl (C=O) groups excluding carboxylic acids is 1. The standard InChI is InChI=1S/C24H29NO6/c1-23(2,27)15-29-19-10-9-17(13-20(19)28-3)22(26)25-12-11-24(18-7-5-4-6-8-18)21(14-25)30-16-31-24/h4-10,13,21,27H,11-12,14-16H2,1-3H3/t21-,24-/m0/s1. The minimum Gasteiger partial charge on any atom is -0.493 e. The molecular formula is C24H29NO6. The molecule has 0 aromatic heterocycles. The topological polar surface area (TPSA) is 77.5 Å². The molecule has 0 spiro atoms. The Labute approximate surface area is 182 Å². The average molecular weight is 427 g/mol. The Bertz CT molecular complexity index is 925. The number of amides is 1. The van der Waals surface area contributed by atoms with Crippen LogP contribution in [-0.2, 0) is 15.1 Å². The number of fused-ring (bicyclic) bond motifs is 1. The van der Waals surface area contributed by atoms with Crippen LogP contribution in [-0.4, -0.2) is 61.2 Å². The van der Waals surface area contributed by atoms with Crippen molar-refractivity contribution in [2.24, 2.45) is 0 Å². The van der Waals surface area contributed by atoms with Crippen molar-refractivity contribution in [2.45, 2.75) is 37.6 Å². The molecular weight excluding hydrogens is 398 g/mol. The summed E-state index contributed by atoms with van der Waals surface area (Å²) in [4.78, 5) is 15.0. The molecule has 2 fully saturated rings. The molecule has 0 saturated carbocycles. The summed E-state index contributed by atoms with van der Waals surface area (Å²) in [6.07, 6.45) is 0.445. The molecule has 7 nitrogen and oxygen atoms in total. The van der Waals surface area contributed by atoms with Crippen molar-refractivity contribution in [3.63, 3.8) is 0 Å². The maximum atomic E-state index is 13.2. The molecule has 4 rings (SSSR count). The summed E-state index contributed by atoms with van der Waals surface area (Å²) in [7, 11) is 1.53. The van der Waals surface area contributed by atoms with Crippen molar-refractivity contribution >= 4 is 5.91 Å². The normalized spacial score (nSPS) is 23.4. The highest BCUT2D eigenvalue weighted by Crippen LogP contribution is 2.42. The van der Waals surface area contributed by atoms with Crippen LogP contribution >= 0.6 is 0 Å². The lowest BCUT2D eigenvalue weighted by molar-refractivity contribution is -0.0439. The summed E-state index contributed by atoms with van der Waals surface area (Å²) in [6, 6.07) is 15.2. The molecule has 0 radical (unpaired) electrons. The number of benzene rings is 2. The van der Waals surface area contributed by atoms with E-state index in [4.69, 9.17) is 18.9 Å². The maximum absolute atomic E-state index is 13.2. The van der Waals surface area contributed by atoms with Crippen LogP contribution in [0.25, 0.3) is 0 Å². The van der Waals surface area contributed by atoms with Gasteiger partial charge in [0.2, 0.25) is 0 Å². The predicted octanol–water partition coefficient (Wildman–Crippen LogP) is 2.96. The van der Waals surface area contributed by atoms with E-state index in [9.17, 15) is 9.90 Å². The Morgan fingerprint density at radius 1 is 1.23 bits per heavy atom. The molecule has 2 aliphatic rings. The Hall–Kier alpha value is -2.61. The van der Waals surface area contributed by atoms with Gasteiger partial charge in [-0.15, -0.1) is 0 Å². The number of hydrogen-bond donors (Lipinski definition) is 1. The van der Waals surface area contributed by atoms with Crippen LogP contribution in [0.1, 0.15) is 36.2 Å². The molecule has 0 bridgehead atoms. The van der Waals surface area contributed by atoms with Gasteiger partial charge in [0.1, 0.15) is 25.1 Å². The molecule has 1 amide bonds. The van der Waals surface area contributed by atoms with Crippen LogP contribution in [0.2, 0.25) is 0 Å². The van der Waals surface area contributed by atoms with E-state index in [1.807, 2.05) is 18.2 Å². The van der Waals surface area contributed by atoms with Gasteiger partial charge < -0.3 is 29.0 Å². The molecule has 2 saturated heterocycles. The Morgan fingerprint density at radius 3 is 2.71 bits per heavy atom. The Kier molecular flexibility index (Phi) is 5.92. The van der Waals surface area contributed by atoms with E-state index in [2.05, 4.69) is 12.1 Å². The summed E-state index contributed by atoms with van der Waals surface area (Å²) in [5.41, 5.74) is 0.116. The largest absolute Gasteiger partial charge is 0.493 e. The molecule has 2 aromatic carbocycles. The van der Waals surface area contributed by atoms with E-state index in [1.54, 1.807) is 36.9 Å². The van der Waals surface area contributed by atoms with Gasteiger partial charge in [-0.1, -0.05) is 30.3 Å². The first-order valence-electron chi connectivity index (χ1n) is 10.5. The zero-order valence-corrected chi connectivity index (χ0v) is 18.2. The second-order valence-corrected chi connectivity index (χ2v) is 8.64. The number of likely N-dealkylation sites (tertiary alicyclic amines) is 1. The number of methoxy groups -OCH3 is 1. The first kappa shape index (κ1) is 21.6. The zero-order chi connectivity index (χ0) is 22.1. The van der Waals surface area contributed by atoms with Gasteiger partial charge >= 0.3 is 0 Å². The third-order valence-corrected chi connectivity index (χ3v) is 5.79. The molecule has 7 heteroatoms. The first-order valence-corrected chi connectivity index (χ1v) is 10.5. The number of nitrogens with zero attached hydrogens (tertiary/aromatic N) is 1. The number of ether oxygens (including phenoxy) is 4. The second-order valence-electron chi connectivity index (χ2n) is 8.64. The molecule has 2 atom stereocenters. The van der Waals surface area contributed by atoms with Gasteiger partial charge in [0.05, 0.1) is 19.3 Å². The van der Waals surface area contributed by atoms with Crippen molar-refractivity contribution in [1.29, 1.82) is 0 Å². The summed E-state index contributed by atoms with van der Waals surface area (Å²) in [5.74, 6) is 0.839. The van der Waals surface area contributed by atoms with Crippen LogP contribution in [0.15, 0.2) is 48.5 Å². The fraction of sp³-hybridized carbons (Fsp3) is 0.458. The van der Waals surface area contributed by atoms with Gasteiger partial charge in [-0.3, -0.25) is 4.79 Å². The van der Waals surface area contributed by atoms with Crippen molar-refractivity contribution in [3.05, 3.63) is 59.7 Å². The SMILES string of the molecule is COc1cc(C(=O)N2CC[C@@]3(c4ccccc4)OCO[C@H]3C2)ccc1OCC(C)(C)O. The first-order chi connectivity index (χ1) is 14.8. The molecule has 31 heavy (non-hydrogen) atoms. The number of aliphatic hydroxyl groups is 1. The lowest BCUT2D eigenvalue weighted by Crippen LogP contribution is -2.53. The zero-order valence-electron chi connectivity index (χ0n) is 18.2. The smallest absolute Gasteiger partial charge is 0.254 e. The van der Waals surface area contributed by atoms with Gasteiger partial charge in [0.25, 0.3) is 5.91 Å². The van der Waals surface area contributed by atoms with E-state index >= 15 is 0 Å². The number of hydrogen-bond acceptors (Lipinski definition) is 6. The lowest BCUT2D eigenvalue weighted by Gasteiger charge is -2.42. The molecule has 2 heterocycles. The van der Waals surface area contributed by atoms with Crippen LogP contribution in [0.3, 0.4) is 0 Å². The molecule has 166 valence electrons. The van der Waals surface area contributed by atoms with Crippen LogP contribution in [0.4, 0.5) is 0 Å². The van der Waals surface area contributed by atoms with Gasteiger partial charge in [-0.2, -0.15) is 0 Å². The van der Waals surface area contributed by atoms with Gasteiger partial charge in [0.15, 0.2) is 11.5 Å². The number of carbonyl (C=O) groups is 1. The van der Waals surface area contributed by atoms with E-state index in [1.165, 1.54) is 7.11 Å². The number of piperidine rings is 1. The quantitative estimate of drug-likeness (QED) is 0.764. The third kappa shape index (κ3) is 4.39. The third-order valence-electron chi connectivity index (χ3n) is 5.79. The Morgan fingerprint density at radius 2 is 2.00 bits per heavy atom. The van der Waals surface area contributed by atoms with E-state index < -0.39 is 11.2 Å². The van der Waals surface area contributed by atoms with Crippen molar-refractivity contribution < 1.29 is 28.8 Å². The minimum absolute atomic E-state index is 0.0931. The van der Waals surface area contributed by atoms with Gasteiger partial charge in [-0.05, 0) is 37.6 Å². The van der Waals surface area contributed by atoms with E-state index in [-0.39, 0.29) is 25.4 Å². The van der Waals surface area contributed by atoms with Crippen molar-refractivity contribution in [1.82, 2.24) is 4.90 Å². The van der Waals surface area contributed by atoms with Gasteiger partial charge in [-0.25, -0.2) is 0 Å². The molecule has 2 aliphatic heterocycles. The molecule has 0 unspecified atom stereocenters. The summed E-state index contributed by atoms with van der Waals surface area (Å²) >= 11 is 0. The average Bonchev–Trinajstić information content (AvgIpc) is 3.21. The summed E-state index contributed by atoms with van der Waals surface area (Å²) in [6.45, 7) is 4.68. The van der Waals surface area contributed by atoms with E-state index in [0.717, 1.165) is 5.56 Å². The highest BCUT2D eigenvalue weighted by atomic mass is 16.7. The minimum atomic E-state index is -0.970. The molecule has 0 aliphatic carbocycles. The van der Waals surface area contributed by atoms with Crippen LogP contribution in [0.5, 0.6) is 11.5 Å². The van der Waals surface area contributed by atoms with Crippen molar-refractivity contribution in [3.8, 4) is 11.5 Å². The molecule has 1 N–H and O–H groups in total. The van der Waals surface area contributed by atoms with Crippen LogP contribution in [0, 0.1) is 0 Å². The lowest BCUT2D eigenvalue weighted by atomic mass is 9.82. The number of rotatable bonds is 6. The second kappa shape index (κ2) is 8.49. The summed E-state index contributed by atoms with van der Waals surface area (Å²) < 4.78 is 23.0. The highest BCUT2D eigenvalue weighted by Gasteiger charge is 2.51. The Balaban J connectivity index is 1.49. The van der Waals surface area contributed by atoms with Crippen molar-refractivity contribution in [2.75, 3.05) is 33.6 Å². The van der Waals surface area contributed by atoms with E-state index in [0.29, 0.717) is 36.6 Å². The van der Waals surface area contributed by atoms with Gasteiger partial charge in [0, 0.05) is 18.5 Å². The highest BCUT2D eigenvalue weighted by molar-refractivity contribution is 5.95. The predicted molar refractivity (Wildman–Crippen MR) is 114 cm³/mol.